The summed E-state index contributed by atoms with van der Waals surface area (Å²) in [6.07, 6.45) is 8.00. The van der Waals surface area contributed by atoms with E-state index in [0.29, 0.717) is 0 Å². The quantitative estimate of drug-likeness (QED) is 0.813. The molecule has 0 amide bonds. The standard InChI is InChI=1S/C14H28N2O/c1-2-8-15-13-6-3-4-7-14(13)16-9-5-11-17-12-10-16/h13-15H,2-12H2,1H3. The number of rotatable bonds is 4. The van der Waals surface area contributed by atoms with E-state index in [-0.39, 0.29) is 0 Å². The number of hydrogen-bond donors (Lipinski definition) is 1. The van der Waals surface area contributed by atoms with E-state index in [9.17, 15) is 0 Å². The van der Waals surface area contributed by atoms with Crippen molar-refractivity contribution in [3.63, 3.8) is 0 Å². The highest BCUT2D eigenvalue weighted by Crippen LogP contribution is 2.24. The van der Waals surface area contributed by atoms with Crippen molar-refractivity contribution in [1.29, 1.82) is 0 Å². The first-order valence-corrected chi connectivity index (χ1v) is 7.47. The maximum absolute atomic E-state index is 5.57. The molecule has 0 aromatic carbocycles. The van der Waals surface area contributed by atoms with E-state index in [2.05, 4.69) is 17.1 Å². The summed E-state index contributed by atoms with van der Waals surface area (Å²) in [5, 5.41) is 3.76. The number of nitrogens with one attached hydrogen (secondary N) is 1. The minimum atomic E-state index is 0.724. The van der Waals surface area contributed by atoms with Crippen molar-refractivity contribution < 1.29 is 4.74 Å². The molecule has 1 N–H and O–H groups in total. The van der Waals surface area contributed by atoms with Crippen molar-refractivity contribution >= 4 is 0 Å². The fourth-order valence-electron chi connectivity index (χ4n) is 3.21. The van der Waals surface area contributed by atoms with Crippen LogP contribution in [0.2, 0.25) is 0 Å². The Hall–Kier alpha value is -0.120. The third-order valence-corrected chi connectivity index (χ3v) is 4.11. The molecule has 1 heterocycles. The Morgan fingerprint density at radius 3 is 2.88 bits per heavy atom. The predicted molar refractivity (Wildman–Crippen MR) is 71.3 cm³/mol. The molecule has 17 heavy (non-hydrogen) atoms. The number of hydrogen-bond acceptors (Lipinski definition) is 3. The van der Waals surface area contributed by atoms with Crippen molar-refractivity contribution in [2.45, 2.75) is 57.5 Å². The van der Waals surface area contributed by atoms with Crippen molar-refractivity contribution in [3.8, 4) is 0 Å². The average molecular weight is 240 g/mol. The smallest absolute Gasteiger partial charge is 0.0593 e. The number of ether oxygens (including phenoxy) is 1. The van der Waals surface area contributed by atoms with Gasteiger partial charge in [0.1, 0.15) is 0 Å². The SMILES string of the molecule is CCCNC1CCCCC1N1CCCOCC1. The van der Waals surface area contributed by atoms with Crippen molar-refractivity contribution in [1.82, 2.24) is 10.2 Å². The third-order valence-electron chi connectivity index (χ3n) is 4.11. The molecule has 0 aromatic rings. The van der Waals surface area contributed by atoms with E-state index in [4.69, 9.17) is 4.74 Å². The first-order valence-electron chi connectivity index (χ1n) is 7.47. The second kappa shape index (κ2) is 7.34. The molecular formula is C14H28N2O. The molecule has 1 saturated carbocycles. The normalized spacial score (nSPS) is 32.3. The van der Waals surface area contributed by atoms with Crippen LogP contribution in [0.3, 0.4) is 0 Å². The highest BCUT2D eigenvalue weighted by molar-refractivity contribution is 4.88. The van der Waals surface area contributed by atoms with Crippen molar-refractivity contribution in [2.75, 3.05) is 32.8 Å². The van der Waals surface area contributed by atoms with Crippen LogP contribution in [0.25, 0.3) is 0 Å². The Labute approximate surface area is 106 Å². The van der Waals surface area contributed by atoms with E-state index in [0.717, 1.165) is 31.8 Å². The zero-order valence-electron chi connectivity index (χ0n) is 11.3. The molecule has 0 radical (unpaired) electrons. The summed E-state index contributed by atoms with van der Waals surface area (Å²) in [4.78, 5) is 2.68. The summed E-state index contributed by atoms with van der Waals surface area (Å²) in [5.74, 6) is 0. The fraction of sp³-hybridized carbons (Fsp3) is 1.00. The highest BCUT2D eigenvalue weighted by atomic mass is 16.5. The number of nitrogens with zero attached hydrogens (tertiary/aromatic N) is 1. The molecule has 0 spiro atoms. The van der Waals surface area contributed by atoms with Gasteiger partial charge in [-0.15, -0.1) is 0 Å². The topological polar surface area (TPSA) is 24.5 Å². The lowest BCUT2D eigenvalue weighted by atomic mass is 9.89. The summed E-state index contributed by atoms with van der Waals surface area (Å²) in [7, 11) is 0. The molecule has 1 aliphatic carbocycles. The monoisotopic (exact) mass is 240 g/mol. The van der Waals surface area contributed by atoms with Gasteiger partial charge in [0.05, 0.1) is 6.61 Å². The Morgan fingerprint density at radius 2 is 2.00 bits per heavy atom. The van der Waals surface area contributed by atoms with Gasteiger partial charge in [-0.3, -0.25) is 4.90 Å². The second-order valence-corrected chi connectivity index (χ2v) is 5.41. The zero-order chi connectivity index (χ0) is 11.9. The van der Waals surface area contributed by atoms with E-state index in [1.165, 1.54) is 51.6 Å². The lowest BCUT2D eigenvalue weighted by molar-refractivity contribution is 0.104. The molecule has 2 unspecified atom stereocenters. The van der Waals surface area contributed by atoms with Crippen LogP contribution >= 0.6 is 0 Å². The van der Waals surface area contributed by atoms with Crippen LogP contribution in [0.5, 0.6) is 0 Å². The van der Waals surface area contributed by atoms with Crippen LogP contribution in [0.15, 0.2) is 0 Å². The molecule has 100 valence electrons. The van der Waals surface area contributed by atoms with Gasteiger partial charge in [0.25, 0.3) is 0 Å². The van der Waals surface area contributed by atoms with Crippen LogP contribution in [-0.2, 0) is 4.74 Å². The van der Waals surface area contributed by atoms with Crippen LogP contribution in [0, 0.1) is 0 Å². The van der Waals surface area contributed by atoms with Gasteiger partial charge in [0.15, 0.2) is 0 Å². The molecule has 0 bridgehead atoms. The summed E-state index contributed by atoms with van der Waals surface area (Å²) in [5.41, 5.74) is 0. The summed E-state index contributed by atoms with van der Waals surface area (Å²) < 4.78 is 5.57. The molecule has 2 rings (SSSR count). The lowest BCUT2D eigenvalue weighted by Gasteiger charge is -2.40. The van der Waals surface area contributed by atoms with E-state index < -0.39 is 0 Å². The van der Waals surface area contributed by atoms with Crippen LogP contribution in [0.4, 0.5) is 0 Å². The molecule has 3 heteroatoms. The maximum Gasteiger partial charge on any atom is 0.0593 e. The molecule has 2 atom stereocenters. The average Bonchev–Trinajstić information content (AvgIpc) is 2.65. The van der Waals surface area contributed by atoms with E-state index >= 15 is 0 Å². The Morgan fingerprint density at radius 1 is 1.12 bits per heavy atom. The molecule has 3 nitrogen and oxygen atoms in total. The Balaban J connectivity index is 1.89. The molecule has 1 saturated heterocycles. The summed E-state index contributed by atoms with van der Waals surface area (Å²) in [6, 6.07) is 1.48. The third kappa shape index (κ3) is 3.94. The zero-order valence-corrected chi connectivity index (χ0v) is 11.3. The van der Waals surface area contributed by atoms with Crippen LogP contribution in [-0.4, -0.2) is 49.8 Å². The summed E-state index contributed by atoms with van der Waals surface area (Å²) in [6.45, 7) is 7.67. The molecule has 1 aliphatic heterocycles. The van der Waals surface area contributed by atoms with Gasteiger partial charge in [0, 0.05) is 31.8 Å². The molecule has 0 aromatic heterocycles. The van der Waals surface area contributed by atoms with Crippen molar-refractivity contribution in [3.05, 3.63) is 0 Å². The van der Waals surface area contributed by atoms with Gasteiger partial charge >= 0.3 is 0 Å². The van der Waals surface area contributed by atoms with Gasteiger partial charge in [0.2, 0.25) is 0 Å². The Bertz CT molecular complexity index is 202. The van der Waals surface area contributed by atoms with Crippen LogP contribution < -0.4 is 5.32 Å². The molecule has 2 fully saturated rings. The fourth-order valence-corrected chi connectivity index (χ4v) is 3.21. The molecular weight excluding hydrogens is 212 g/mol. The van der Waals surface area contributed by atoms with Gasteiger partial charge in [-0.1, -0.05) is 19.8 Å². The van der Waals surface area contributed by atoms with Gasteiger partial charge < -0.3 is 10.1 Å². The predicted octanol–water partition coefficient (Wildman–Crippen LogP) is 2.02. The first kappa shape index (κ1) is 13.3. The lowest BCUT2D eigenvalue weighted by Crippen LogP contribution is -2.52. The minimum Gasteiger partial charge on any atom is -0.380 e. The van der Waals surface area contributed by atoms with Gasteiger partial charge in [-0.25, -0.2) is 0 Å². The first-order chi connectivity index (χ1) is 8.42. The van der Waals surface area contributed by atoms with Gasteiger partial charge in [-0.2, -0.15) is 0 Å². The second-order valence-electron chi connectivity index (χ2n) is 5.41. The van der Waals surface area contributed by atoms with Crippen LogP contribution in [0.1, 0.15) is 45.4 Å². The minimum absolute atomic E-state index is 0.724. The largest absolute Gasteiger partial charge is 0.380 e. The highest BCUT2D eigenvalue weighted by Gasteiger charge is 2.29. The molecule has 2 aliphatic rings. The summed E-state index contributed by atoms with van der Waals surface area (Å²) >= 11 is 0. The Kier molecular flexibility index (Phi) is 5.75. The van der Waals surface area contributed by atoms with Gasteiger partial charge in [-0.05, 0) is 32.2 Å². The van der Waals surface area contributed by atoms with Crippen molar-refractivity contribution in [2.24, 2.45) is 0 Å². The maximum atomic E-state index is 5.57. The van der Waals surface area contributed by atoms with E-state index in [1.54, 1.807) is 0 Å². The van der Waals surface area contributed by atoms with E-state index in [1.807, 2.05) is 0 Å².